The smallest absolute Gasteiger partial charge is 0.338 e. The van der Waals surface area contributed by atoms with Crippen LogP contribution < -0.4 is 11.1 Å². The molecule has 1 atom stereocenters. The third-order valence-corrected chi connectivity index (χ3v) is 3.81. The van der Waals surface area contributed by atoms with Gasteiger partial charge in [-0.15, -0.1) is 0 Å². The predicted molar refractivity (Wildman–Crippen MR) is 94.8 cm³/mol. The van der Waals surface area contributed by atoms with Crippen LogP contribution in [0.2, 0.25) is 0 Å². The van der Waals surface area contributed by atoms with Gasteiger partial charge in [0.15, 0.2) is 6.10 Å². The maximum atomic E-state index is 12.4. The number of nitrogens with two attached hydrogens (primary N) is 1. The Morgan fingerprint density at radius 3 is 2.36 bits per heavy atom. The van der Waals surface area contributed by atoms with Crippen molar-refractivity contribution in [3.05, 3.63) is 64.7 Å². The van der Waals surface area contributed by atoms with E-state index in [1.165, 1.54) is 19.1 Å². The van der Waals surface area contributed by atoms with Crippen LogP contribution in [-0.2, 0) is 4.74 Å². The lowest BCUT2D eigenvalue weighted by molar-refractivity contribution is 0.0319. The average Bonchev–Trinajstić information content (AvgIpc) is 2.56. The Kier molecular flexibility index (Phi) is 5.54. The van der Waals surface area contributed by atoms with Crippen LogP contribution in [0.1, 0.15) is 38.8 Å². The molecule has 0 spiro atoms. The van der Waals surface area contributed by atoms with Crippen molar-refractivity contribution >= 4 is 23.5 Å². The van der Waals surface area contributed by atoms with E-state index >= 15 is 0 Å². The number of ketones is 1. The third kappa shape index (κ3) is 4.67. The molecule has 0 bridgehead atoms. The van der Waals surface area contributed by atoms with Crippen LogP contribution in [0.25, 0.3) is 0 Å². The Hall–Kier alpha value is -3.15. The molecule has 6 nitrogen and oxygen atoms in total. The summed E-state index contributed by atoms with van der Waals surface area (Å²) in [5.41, 5.74) is 8.20. The van der Waals surface area contributed by atoms with Crippen LogP contribution in [0.3, 0.4) is 0 Å². The highest BCUT2D eigenvalue weighted by atomic mass is 16.5. The van der Waals surface area contributed by atoms with Crippen LogP contribution in [0.4, 0.5) is 10.5 Å². The normalized spacial score (nSPS) is 11.5. The molecule has 6 heteroatoms. The van der Waals surface area contributed by atoms with E-state index < -0.39 is 18.1 Å². The number of benzene rings is 2. The molecule has 0 heterocycles. The lowest BCUT2D eigenvalue weighted by Crippen LogP contribution is -2.25. The Labute approximate surface area is 146 Å². The van der Waals surface area contributed by atoms with E-state index in [1.54, 1.807) is 24.3 Å². The van der Waals surface area contributed by atoms with Gasteiger partial charge in [0.05, 0.1) is 5.56 Å². The number of carbonyl (C=O) groups is 3. The molecule has 0 aromatic heterocycles. The van der Waals surface area contributed by atoms with Gasteiger partial charge in [-0.1, -0.05) is 18.2 Å². The minimum atomic E-state index is -0.928. The maximum Gasteiger partial charge on any atom is 0.338 e. The molecule has 0 fully saturated rings. The van der Waals surface area contributed by atoms with Crippen molar-refractivity contribution in [2.24, 2.45) is 5.73 Å². The van der Waals surface area contributed by atoms with Gasteiger partial charge >= 0.3 is 12.0 Å². The number of hydrogen-bond acceptors (Lipinski definition) is 4. The largest absolute Gasteiger partial charge is 0.451 e. The number of amides is 2. The molecule has 0 unspecified atom stereocenters. The third-order valence-electron chi connectivity index (χ3n) is 3.81. The predicted octanol–water partition coefficient (Wildman–Crippen LogP) is 3.22. The van der Waals surface area contributed by atoms with Crippen molar-refractivity contribution in [3.8, 4) is 0 Å². The van der Waals surface area contributed by atoms with Crippen LogP contribution in [-0.4, -0.2) is 23.9 Å². The number of primary amides is 1. The van der Waals surface area contributed by atoms with Gasteiger partial charge in [0.25, 0.3) is 0 Å². The van der Waals surface area contributed by atoms with Gasteiger partial charge in [0.1, 0.15) is 0 Å². The SMILES string of the molecule is Cc1ccc(C(=O)[C@H](C)OC(=O)c2cccc(NC(N)=O)c2)cc1C. The Bertz CT molecular complexity index is 830. The molecule has 0 aliphatic heterocycles. The second-order valence-corrected chi connectivity index (χ2v) is 5.78. The van der Waals surface area contributed by atoms with Crippen molar-refractivity contribution < 1.29 is 19.1 Å². The number of nitrogens with one attached hydrogen (secondary N) is 1. The molecule has 3 N–H and O–H groups in total. The van der Waals surface area contributed by atoms with E-state index in [9.17, 15) is 14.4 Å². The zero-order chi connectivity index (χ0) is 18.6. The van der Waals surface area contributed by atoms with Gasteiger partial charge in [-0.3, -0.25) is 4.79 Å². The molecular weight excluding hydrogens is 320 g/mol. The molecule has 0 aliphatic carbocycles. The highest BCUT2D eigenvalue weighted by Gasteiger charge is 2.21. The molecule has 130 valence electrons. The van der Waals surface area contributed by atoms with Gasteiger partial charge in [0.2, 0.25) is 5.78 Å². The van der Waals surface area contributed by atoms with E-state index in [-0.39, 0.29) is 11.3 Å². The van der Waals surface area contributed by atoms with Crippen LogP contribution in [0.5, 0.6) is 0 Å². The van der Waals surface area contributed by atoms with Gasteiger partial charge < -0.3 is 15.8 Å². The second-order valence-electron chi connectivity index (χ2n) is 5.78. The highest BCUT2D eigenvalue weighted by molar-refractivity contribution is 6.01. The summed E-state index contributed by atoms with van der Waals surface area (Å²) in [6, 6.07) is 10.7. The minimum absolute atomic E-state index is 0.214. The first kappa shape index (κ1) is 18.2. The fourth-order valence-electron chi connectivity index (χ4n) is 2.28. The molecule has 0 aliphatic rings. The number of Topliss-reactive ketones (excluding diaryl/α,β-unsaturated/α-hetero) is 1. The summed E-state index contributed by atoms with van der Waals surface area (Å²) in [7, 11) is 0. The van der Waals surface area contributed by atoms with Gasteiger partial charge in [0, 0.05) is 11.3 Å². The summed E-state index contributed by atoms with van der Waals surface area (Å²) in [6.07, 6.45) is -0.928. The zero-order valence-electron chi connectivity index (χ0n) is 14.3. The fraction of sp³-hybridized carbons (Fsp3) is 0.211. The van der Waals surface area contributed by atoms with Crippen molar-refractivity contribution in [1.29, 1.82) is 0 Å². The van der Waals surface area contributed by atoms with Crippen LogP contribution >= 0.6 is 0 Å². The summed E-state index contributed by atoms with van der Waals surface area (Å²) in [5.74, 6) is -0.930. The topological polar surface area (TPSA) is 98.5 Å². The highest BCUT2D eigenvalue weighted by Crippen LogP contribution is 2.15. The number of urea groups is 1. The molecule has 0 radical (unpaired) electrons. The first-order chi connectivity index (χ1) is 11.8. The molecular formula is C19H20N2O4. The number of hydrogen-bond donors (Lipinski definition) is 2. The monoisotopic (exact) mass is 340 g/mol. The Morgan fingerprint density at radius 1 is 1.00 bits per heavy atom. The van der Waals surface area contributed by atoms with Gasteiger partial charge in [-0.25, -0.2) is 9.59 Å². The summed E-state index contributed by atoms with van der Waals surface area (Å²) in [6.45, 7) is 5.40. The molecule has 2 amide bonds. The van der Waals surface area contributed by atoms with Gasteiger partial charge in [-0.05, 0) is 56.2 Å². The Balaban J connectivity index is 2.10. The van der Waals surface area contributed by atoms with E-state index in [4.69, 9.17) is 10.5 Å². The molecule has 25 heavy (non-hydrogen) atoms. The fourth-order valence-corrected chi connectivity index (χ4v) is 2.28. The van der Waals surface area contributed by atoms with Crippen molar-refractivity contribution in [2.75, 3.05) is 5.32 Å². The number of aryl methyl sites for hydroxylation is 2. The molecule has 0 saturated heterocycles. The summed E-state index contributed by atoms with van der Waals surface area (Å²) in [5, 5.41) is 2.38. The van der Waals surface area contributed by atoms with E-state index in [0.717, 1.165) is 11.1 Å². The maximum absolute atomic E-state index is 12.4. The second kappa shape index (κ2) is 7.61. The lowest BCUT2D eigenvalue weighted by Gasteiger charge is -2.13. The van der Waals surface area contributed by atoms with E-state index in [0.29, 0.717) is 11.3 Å². The quantitative estimate of drug-likeness (QED) is 0.645. The van der Waals surface area contributed by atoms with Gasteiger partial charge in [-0.2, -0.15) is 0 Å². The molecule has 2 aromatic carbocycles. The number of esters is 1. The zero-order valence-corrected chi connectivity index (χ0v) is 14.3. The van der Waals surface area contributed by atoms with Crippen molar-refractivity contribution in [3.63, 3.8) is 0 Å². The first-order valence-corrected chi connectivity index (χ1v) is 7.77. The van der Waals surface area contributed by atoms with Crippen LogP contribution in [0, 0.1) is 13.8 Å². The molecule has 0 saturated carbocycles. The number of anilines is 1. The number of carbonyl (C=O) groups excluding carboxylic acids is 3. The summed E-state index contributed by atoms with van der Waals surface area (Å²) >= 11 is 0. The number of rotatable bonds is 5. The molecule has 2 aromatic rings. The van der Waals surface area contributed by atoms with Crippen LogP contribution in [0.15, 0.2) is 42.5 Å². The Morgan fingerprint density at radius 2 is 1.72 bits per heavy atom. The van der Waals surface area contributed by atoms with Crippen molar-refractivity contribution in [1.82, 2.24) is 0 Å². The average molecular weight is 340 g/mol. The van der Waals surface area contributed by atoms with E-state index in [1.807, 2.05) is 19.9 Å². The summed E-state index contributed by atoms with van der Waals surface area (Å²) in [4.78, 5) is 35.5. The standard InChI is InChI=1S/C19H20N2O4/c1-11-7-8-14(9-12(11)2)17(22)13(3)25-18(23)15-5-4-6-16(10-15)21-19(20)24/h4-10,13H,1-3H3,(H3,20,21,24)/t13-/m0/s1. The van der Waals surface area contributed by atoms with E-state index in [2.05, 4.69) is 5.32 Å². The lowest BCUT2D eigenvalue weighted by atomic mass is 10.0. The van der Waals surface area contributed by atoms with Crippen molar-refractivity contribution in [2.45, 2.75) is 26.9 Å². The minimum Gasteiger partial charge on any atom is -0.451 e. The molecule has 2 rings (SSSR count). The summed E-state index contributed by atoms with van der Waals surface area (Å²) < 4.78 is 5.25. The number of ether oxygens (including phenoxy) is 1. The first-order valence-electron chi connectivity index (χ1n) is 7.77.